The first kappa shape index (κ1) is 28.5. The monoisotopic (exact) mass is 575 g/mol. The largest absolute Gasteiger partial charge is 0.494 e. The molecular weight excluding hydrogens is 541 g/mol. The summed E-state index contributed by atoms with van der Waals surface area (Å²) in [7, 11) is 1.23. The van der Waals surface area contributed by atoms with Gasteiger partial charge in [-0.3, -0.25) is 4.79 Å². The maximum absolute atomic E-state index is 12.8. The van der Waals surface area contributed by atoms with Gasteiger partial charge in [-0.05, 0) is 63.5 Å². The number of carbonyl (C=O) groups is 1. The first-order valence-electron chi connectivity index (χ1n) is 14.2. The van der Waals surface area contributed by atoms with Crippen molar-refractivity contribution in [2.24, 2.45) is 4.99 Å². The van der Waals surface area contributed by atoms with Crippen molar-refractivity contribution < 1.29 is 19.2 Å². The number of imidazole rings is 1. The molecule has 1 saturated heterocycles. The summed E-state index contributed by atoms with van der Waals surface area (Å²) >= 11 is 0. The highest BCUT2D eigenvalue weighted by molar-refractivity contribution is 6.62. The molecule has 5 aromatic rings. The van der Waals surface area contributed by atoms with E-state index in [-0.39, 0.29) is 18.3 Å². The number of fused-ring (bicyclic) bond motifs is 1. The van der Waals surface area contributed by atoms with Crippen LogP contribution >= 0.6 is 0 Å². The standard InChI is InChI=1S/C33H34BN5O4/c1-32(2)33(3,4)43-34(42-32)23-11-16-26-27(19-23)37-31(41)29(26)30(22-9-7-6-8-10-22)36-24-12-14-25(15-13-24)38(5)28(40)20-39-18-17-35-21-39/h6-19,21,37,41H,20H2,1-5H3. The van der Waals surface area contributed by atoms with Crippen molar-refractivity contribution in [1.82, 2.24) is 14.5 Å². The van der Waals surface area contributed by atoms with E-state index in [9.17, 15) is 9.90 Å². The smallest absolute Gasteiger partial charge is 0.494 e. The van der Waals surface area contributed by atoms with Crippen LogP contribution in [0.3, 0.4) is 0 Å². The van der Waals surface area contributed by atoms with Gasteiger partial charge in [-0.15, -0.1) is 0 Å². The van der Waals surface area contributed by atoms with Crippen LogP contribution in [-0.2, 0) is 20.6 Å². The third-order valence-corrected chi connectivity index (χ3v) is 8.34. The number of aromatic hydroxyl groups is 1. The zero-order chi connectivity index (χ0) is 30.4. The zero-order valence-electron chi connectivity index (χ0n) is 24.9. The maximum Gasteiger partial charge on any atom is 0.494 e. The molecule has 0 saturated carbocycles. The number of likely N-dealkylation sites (N-methyl/N-ethyl adjacent to an activating group) is 1. The summed E-state index contributed by atoms with van der Waals surface area (Å²) in [6, 6.07) is 23.1. The molecule has 3 aromatic carbocycles. The van der Waals surface area contributed by atoms with Crippen LogP contribution in [0.15, 0.2) is 96.5 Å². The Kier molecular flexibility index (Phi) is 7.19. The summed E-state index contributed by atoms with van der Waals surface area (Å²) in [4.78, 5) is 26.5. The highest BCUT2D eigenvalue weighted by Crippen LogP contribution is 2.37. The molecule has 43 heavy (non-hydrogen) atoms. The molecule has 2 aromatic heterocycles. The van der Waals surface area contributed by atoms with Gasteiger partial charge in [0.05, 0.1) is 34.5 Å². The van der Waals surface area contributed by atoms with Crippen LogP contribution in [0.2, 0.25) is 0 Å². The molecule has 9 nitrogen and oxygen atoms in total. The van der Waals surface area contributed by atoms with Crippen molar-refractivity contribution in [3.05, 3.63) is 103 Å². The molecular formula is C33H34BN5O4. The van der Waals surface area contributed by atoms with Crippen molar-refractivity contribution >= 4 is 46.5 Å². The van der Waals surface area contributed by atoms with Crippen LogP contribution in [-0.4, -0.2) is 56.6 Å². The summed E-state index contributed by atoms with van der Waals surface area (Å²) in [5.41, 5.74) is 4.18. The molecule has 1 aliphatic rings. The number of rotatable bonds is 7. The Morgan fingerprint density at radius 2 is 1.72 bits per heavy atom. The quantitative estimate of drug-likeness (QED) is 0.205. The number of carbonyl (C=O) groups excluding carboxylic acids is 1. The molecule has 0 spiro atoms. The molecule has 6 rings (SSSR count). The molecule has 0 unspecified atom stereocenters. The van der Waals surface area contributed by atoms with E-state index in [0.717, 1.165) is 27.6 Å². The first-order chi connectivity index (χ1) is 20.5. The molecule has 1 aliphatic heterocycles. The number of nitrogens with zero attached hydrogens (tertiary/aromatic N) is 4. The van der Waals surface area contributed by atoms with E-state index >= 15 is 0 Å². The fraction of sp³-hybridized carbons (Fsp3) is 0.242. The number of aliphatic imine (C=N–C) groups is 1. The summed E-state index contributed by atoms with van der Waals surface area (Å²) < 4.78 is 14.2. The zero-order valence-corrected chi connectivity index (χ0v) is 24.9. The first-order valence-corrected chi connectivity index (χ1v) is 14.2. The van der Waals surface area contributed by atoms with E-state index < -0.39 is 18.3 Å². The number of aromatic nitrogens is 3. The number of hydrogen-bond acceptors (Lipinski definition) is 6. The second-order valence-electron chi connectivity index (χ2n) is 11.8. The number of H-pyrrole nitrogens is 1. The van der Waals surface area contributed by atoms with Gasteiger partial charge in [-0.25, -0.2) is 9.98 Å². The molecule has 1 fully saturated rings. The Hall–Kier alpha value is -4.67. The van der Waals surface area contributed by atoms with E-state index in [1.165, 1.54) is 0 Å². The lowest BCUT2D eigenvalue weighted by molar-refractivity contribution is -0.118. The summed E-state index contributed by atoms with van der Waals surface area (Å²) in [5.74, 6) is -0.0482. The van der Waals surface area contributed by atoms with Crippen LogP contribution in [0, 0.1) is 0 Å². The number of anilines is 1. The predicted octanol–water partition coefficient (Wildman–Crippen LogP) is 5.20. The number of aromatic amines is 1. The topological polar surface area (TPSA) is 105 Å². The van der Waals surface area contributed by atoms with Gasteiger partial charge in [0.2, 0.25) is 5.91 Å². The van der Waals surface area contributed by atoms with Crippen molar-refractivity contribution in [2.75, 3.05) is 11.9 Å². The fourth-order valence-electron chi connectivity index (χ4n) is 5.09. The summed E-state index contributed by atoms with van der Waals surface area (Å²) in [5, 5.41) is 12.0. The average Bonchev–Trinajstić information content (AvgIpc) is 3.67. The van der Waals surface area contributed by atoms with Crippen molar-refractivity contribution in [1.29, 1.82) is 0 Å². The highest BCUT2D eigenvalue weighted by atomic mass is 16.7. The normalized spacial score (nSPS) is 16.1. The lowest BCUT2D eigenvalue weighted by atomic mass is 9.78. The molecule has 0 radical (unpaired) electrons. The molecule has 0 atom stereocenters. The van der Waals surface area contributed by atoms with Crippen LogP contribution in [0.25, 0.3) is 10.9 Å². The van der Waals surface area contributed by atoms with Crippen molar-refractivity contribution in [3.8, 4) is 5.88 Å². The molecule has 3 heterocycles. The highest BCUT2D eigenvalue weighted by Gasteiger charge is 2.51. The molecule has 0 aliphatic carbocycles. The Labute approximate surface area is 251 Å². The van der Waals surface area contributed by atoms with E-state index in [4.69, 9.17) is 14.3 Å². The summed E-state index contributed by atoms with van der Waals surface area (Å²) in [6.07, 6.45) is 5.02. The molecule has 10 heteroatoms. The molecule has 2 N–H and O–H groups in total. The van der Waals surface area contributed by atoms with Crippen molar-refractivity contribution in [2.45, 2.75) is 45.4 Å². The SMILES string of the molecule is CN(C(=O)Cn1ccnc1)c1ccc(N=C(c2ccccc2)c2c(O)[nH]c3cc(B4OC(C)(C)C(C)(C)O4)ccc23)cc1. The van der Waals surface area contributed by atoms with Gasteiger partial charge in [-0.1, -0.05) is 42.5 Å². The lowest BCUT2D eigenvalue weighted by Crippen LogP contribution is -2.41. The molecule has 218 valence electrons. The third kappa shape index (κ3) is 5.47. The van der Waals surface area contributed by atoms with E-state index in [1.54, 1.807) is 35.2 Å². The van der Waals surface area contributed by atoms with Gasteiger partial charge in [0.25, 0.3) is 0 Å². The summed E-state index contributed by atoms with van der Waals surface area (Å²) in [6.45, 7) is 8.30. The van der Waals surface area contributed by atoms with Crippen LogP contribution in [0.4, 0.5) is 11.4 Å². The van der Waals surface area contributed by atoms with Crippen LogP contribution in [0.1, 0.15) is 38.8 Å². The van der Waals surface area contributed by atoms with Crippen molar-refractivity contribution in [3.63, 3.8) is 0 Å². The van der Waals surface area contributed by atoms with E-state index in [2.05, 4.69) is 9.97 Å². The Morgan fingerprint density at radius 3 is 2.37 bits per heavy atom. The second-order valence-corrected chi connectivity index (χ2v) is 11.8. The lowest BCUT2D eigenvalue weighted by Gasteiger charge is -2.32. The minimum Gasteiger partial charge on any atom is -0.494 e. The average molecular weight is 575 g/mol. The maximum atomic E-state index is 12.8. The van der Waals surface area contributed by atoms with Gasteiger partial charge in [0, 0.05) is 41.6 Å². The molecule has 0 bridgehead atoms. The van der Waals surface area contributed by atoms with Gasteiger partial charge < -0.3 is 28.9 Å². The van der Waals surface area contributed by atoms with Crippen LogP contribution < -0.4 is 10.4 Å². The Balaban J connectivity index is 1.34. The second kappa shape index (κ2) is 10.9. The van der Waals surface area contributed by atoms with Gasteiger partial charge >= 0.3 is 7.12 Å². The minimum absolute atomic E-state index is 0.0186. The molecule has 1 amide bonds. The predicted molar refractivity (Wildman–Crippen MR) is 169 cm³/mol. The number of hydrogen-bond donors (Lipinski definition) is 2. The minimum atomic E-state index is -0.519. The Morgan fingerprint density at radius 1 is 1.02 bits per heavy atom. The number of benzene rings is 3. The van der Waals surface area contributed by atoms with Gasteiger partial charge in [0.1, 0.15) is 6.54 Å². The number of amides is 1. The Bertz CT molecular complexity index is 1780. The third-order valence-electron chi connectivity index (χ3n) is 8.34. The van der Waals surface area contributed by atoms with Gasteiger partial charge in [-0.2, -0.15) is 0 Å². The van der Waals surface area contributed by atoms with E-state index in [1.807, 2.05) is 100 Å². The van der Waals surface area contributed by atoms with Crippen LogP contribution in [0.5, 0.6) is 5.88 Å². The van der Waals surface area contributed by atoms with E-state index in [0.29, 0.717) is 17.0 Å². The van der Waals surface area contributed by atoms with Gasteiger partial charge in [0.15, 0.2) is 5.88 Å². The number of nitrogens with one attached hydrogen (secondary N) is 1. The fourth-order valence-corrected chi connectivity index (χ4v) is 5.09.